The van der Waals surface area contributed by atoms with Crippen LogP contribution in [0.1, 0.15) is 12.0 Å². The van der Waals surface area contributed by atoms with Crippen molar-refractivity contribution in [2.24, 2.45) is 5.14 Å². The lowest BCUT2D eigenvalue weighted by Gasteiger charge is -2.11. The Morgan fingerprint density at radius 1 is 1.48 bits per heavy atom. The van der Waals surface area contributed by atoms with Gasteiger partial charge >= 0.3 is 0 Å². The van der Waals surface area contributed by atoms with Crippen LogP contribution >= 0.6 is 0 Å². The molecule has 0 radical (unpaired) electrons. The molecule has 21 heavy (non-hydrogen) atoms. The fourth-order valence-electron chi connectivity index (χ4n) is 2.05. The van der Waals surface area contributed by atoms with Crippen molar-refractivity contribution >= 4 is 15.9 Å². The number of nitrogens with one attached hydrogen (secondary N) is 2. The molecule has 0 spiro atoms. The summed E-state index contributed by atoms with van der Waals surface area (Å²) in [5.74, 6) is -3.43. The van der Waals surface area contributed by atoms with Gasteiger partial charge in [0, 0.05) is 13.0 Å². The third-order valence-electron chi connectivity index (χ3n) is 3.12. The Balaban J connectivity index is 1.96. The molecule has 2 rings (SSSR count). The van der Waals surface area contributed by atoms with E-state index in [-0.39, 0.29) is 11.4 Å². The quantitative estimate of drug-likeness (QED) is 0.724. The summed E-state index contributed by atoms with van der Waals surface area (Å²) in [6.45, 7) is -0.488. The average molecular weight is 319 g/mol. The van der Waals surface area contributed by atoms with Crippen molar-refractivity contribution in [2.45, 2.75) is 29.8 Å². The number of carbonyl (C=O) groups excluding carboxylic acids is 1. The largest absolute Gasteiger partial charge is 0.351 e. The second kappa shape index (κ2) is 5.66. The summed E-state index contributed by atoms with van der Waals surface area (Å²) in [7, 11) is -3.82. The van der Waals surface area contributed by atoms with Crippen LogP contribution in [0.2, 0.25) is 0 Å². The van der Waals surface area contributed by atoms with Crippen LogP contribution in [-0.2, 0) is 21.4 Å². The Labute approximate surface area is 120 Å². The van der Waals surface area contributed by atoms with Gasteiger partial charge in [0.05, 0.1) is 17.5 Å². The van der Waals surface area contributed by atoms with Crippen LogP contribution in [0.3, 0.4) is 0 Å². The van der Waals surface area contributed by atoms with Crippen molar-refractivity contribution in [1.29, 1.82) is 0 Å². The zero-order valence-electron chi connectivity index (χ0n) is 11.0. The van der Waals surface area contributed by atoms with Crippen molar-refractivity contribution in [3.63, 3.8) is 0 Å². The van der Waals surface area contributed by atoms with Gasteiger partial charge in [0.2, 0.25) is 15.9 Å². The first kappa shape index (κ1) is 15.8. The van der Waals surface area contributed by atoms with Gasteiger partial charge in [0.15, 0.2) is 0 Å². The number of alkyl halides is 2. The fourth-order valence-corrected chi connectivity index (χ4v) is 2.63. The lowest BCUT2D eigenvalue weighted by molar-refractivity contribution is -0.123. The fraction of sp³-hybridized carbons (Fsp3) is 0.417. The minimum Gasteiger partial charge on any atom is -0.351 e. The van der Waals surface area contributed by atoms with Gasteiger partial charge in [-0.05, 0) is 17.7 Å². The van der Waals surface area contributed by atoms with Crippen molar-refractivity contribution in [3.8, 4) is 0 Å². The van der Waals surface area contributed by atoms with Gasteiger partial charge in [0.1, 0.15) is 0 Å². The molecule has 1 amide bonds. The molecule has 4 N–H and O–H groups in total. The number of sulfonamides is 1. The Bertz CT molecular complexity index is 649. The van der Waals surface area contributed by atoms with E-state index in [0.717, 1.165) is 0 Å². The molecule has 1 unspecified atom stereocenters. The molecule has 1 heterocycles. The third kappa shape index (κ3) is 4.19. The highest BCUT2D eigenvalue weighted by atomic mass is 32.2. The van der Waals surface area contributed by atoms with Crippen LogP contribution in [0, 0.1) is 0 Å². The summed E-state index contributed by atoms with van der Waals surface area (Å²) < 4.78 is 48.4. The maximum absolute atomic E-state index is 13.0. The number of benzene rings is 1. The summed E-state index contributed by atoms with van der Waals surface area (Å²) in [5, 5.41) is 9.93. The standard InChI is InChI=1S/C12H15F2N3O3S/c13-12(14)5-10(17-7-12)11(18)16-6-8-2-1-3-9(4-8)21(15,19)20/h1-4,10,17H,5-7H2,(H,16,18)(H2,15,19,20). The third-order valence-corrected chi connectivity index (χ3v) is 4.03. The highest BCUT2D eigenvalue weighted by Gasteiger charge is 2.42. The molecule has 1 aromatic rings. The molecule has 1 aromatic carbocycles. The SMILES string of the molecule is NS(=O)(=O)c1cccc(CNC(=O)C2CC(F)(F)CN2)c1. The molecule has 116 valence electrons. The monoisotopic (exact) mass is 319 g/mol. The normalized spacial score (nSPS) is 21.2. The average Bonchev–Trinajstić information content (AvgIpc) is 2.76. The van der Waals surface area contributed by atoms with E-state index in [1.807, 2.05) is 0 Å². The van der Waals surface area contributed by atoms with Crippen LogP contribution in [-0.4, -0.2) is 32.8 Å². The summed E-state index contributed by atoms with van der Waals surface area (Å²) in [5.41, 5.74) is 0.514. The smallest absolute Gasteiger partial charge is 0.262 e. The van der Waals surface area contributed by atoms with E-state index >= 15 is 0 Å². The number of hydrogen-bond acceptors (Lipinski definition) is 4. The van der Waals surface area contributed by atoms with Crippen LogP contribution in [0.15, 0.2) is 29.2 Å². The molecule has 6 nitrogen and oxygen atoms in total. The number of primary sulfonamides is 1. The molecular formula is C12H15F2N3O3S. The van der Waals surface area contributed by atoms with Gasteiger partial charge in [-0.15, -0.1) is 0 Å². The number of nitrogens with two attached hydrogens (primary N) is 1. The van der Waals surface area contributed by atoms with Crippen LogP contribution in [0.25, 0.3) is 0 Å². The zero-order chi connectivity index (χ0) is 15.7. The summed E-state index contributed by atoms with van der Waals surface area (Å²) in [6, 6.07) is 4.81. The van der Waals surface area contributed by atoms with Crippen molar-refractivity contribution in [2.75, 3.05) is 6.54 Å². The maximum atomic E-state index is 13.0. The Morgan fingerprint density at radius 2 is 2.19 bits per heavy atom. The summed E-state index contributed by atoms with van der Waals surface area (Å²) >= 11 is 0. The van der Waals surface area contributed by atoms with Crippen molar-refractivity contribution in [3.05, 3.63) is 29.8 Å². The first-order valence-electron chi connectivity index (χ1n) is 6.18. The first-order chi connectivity index (χ1) is 9.67. The Kier molecular flexibility index (Phi) is 4.26. The lowest BCUT2D eigenvalue weighted by Crippen LogP contribution is -2.40. The minimum atomic E-state index is -3.82. The number of halogens is 2. The molecule has 9 heteroatoms. The van der Waals surface area contributed by atoms with E-state index in [4.69, 9.17) is 5.14 Å². The maximum Gasteiger partial charge on any atom is 0.262 e. The van der Waals surface area contributed by atoms with E-state index in [9.17, 15) is 22.0 Å². The van der Waals surface area contributed by atoms with Crippen LogP contribution in [0.5, 0.6) is 0 Å². The molecule has 0 bridgehead atoms. The van der Waals surface area contributed by atoms with E-state index < -0.39 is 40.9 Å². The molecule has 1 aliphatic heterocycles. The highest BCUT2D eigenvalue weighted by Crippen LogP contribution is 2.25. The van der Waals surface area contributed by atoms with E-state index in [1.54, 1.807) is 6.07 Å². The first-order valence-corrected chi connectivity index (χ1v) is 7.73. The molecular weight excluding hydrogens is 304 g/mol. The number of rotatable bonds is 4. The van der Waals surface area contributed by atoms with Gasteiger partial charge in [-0.25, -0.2) is 22.3 Å². The molecule has 1 atom stereocenters. The van der Waals surface area contributed by atoms with E-state index in [2.05, 4.69) is 10.6 Å². The molecule has 1 fully saturated rings. The second-order valence-electron chi connectivity index (χ2n) is 4.90. The summed E-state index contributed by atoms with van der Waals surface area (Å²) in [4.78, 5) is 11.7. The van der Waals surface area contributed by atoms with E-state index in [0.29, 0.717) is 5.56 Å². The molecule has 0 aliphatic carbocycles. The predicted molar refractivity (Wildman–Crippen MR) is 71.0 cm³/mol. The topological polar surface area (TPSA) is 101 Å². The van der Waals surface area contributed by atoms with Crippen LogP contribution < -0.4 is 15.8 Å². The van der Waals surface area contributed by atoms with Crippen molar-refractivity contribution in [1.82, 2.24) is 10.6 Å². The Hall–Kier alpha value is -1.58. The Morgan fingerprint density at radius 3 is 2.76 bits per heavy atom. The van der Waals surface area contributed by atoms with Gasteiger partial charge in [-0.2, -0.15) is 0 Å². The lowest BCUT2D eigenvalue weighted by atomic mass is 10.1. The van der Waals surface area contributed by atoms with Gasteiger partial charge in [-0.1, -0.05) is 12.1 Å². The highest BCUT2D eigenvalue weighted by molar-refractivity contribution is 7.89. The predicted octanol–water partition coefficient (Wildman–Crippen LogP) is -0.0526. The number of carbonyl (C=O) groups is 1. The molecule has 1 saturated heterocycles. The number of hydrogen-bond donors (Lipinski definition) is 3. The zero-order valence-corrected chi connectivity index (χ0v) is 11.8. The van der Waals surface area contributed by atoms with Gasteiger partial charge < -0.3 is 5.32 Å². The van der Waals surface area contributed by atoms with Crippen LogP contribution in [0.4, 0.5) is 8.78 Å². The number of amides is 1. The minimum absolute atomic E-state index is 0.0337. The van der Waals surface area contributed by atoms with E-state index in [1.165, 1.54) is 18.2 Å². The second-order valence-corrected chi connectivity index (χ2v) is 6.47. The van der Waals surface area contributed by atoms with Gasteiger partial charge in [-0.3, -0.25) is 10.1 Å². The van der Waals surface area contributed by atoms with Crippen molar-refractivity contribution < 1.29 is 22.0 Å². The van der Waals surface area contributed by atoms with Gasteiger partial charge in [0.25, 0.3) is 5.92 Å². The molecule has 0 aromatic heterocycles. The summed E-state index contributed by atoms with van der Waals surface area (Å²) in [6.07, 6.45) is -0.546. The molecule has 1 aliphatic rings. The molecule has 0 saturated carbocycles.